The van der Waals surface area contributed by atoms with Gasteiger partial charge < -0.3 is 4.90 Å². The van der Waals surface area contributed by atoms with Gasteiger partial charge in [0, 0.05) is 51.5 Å². The molecule has 101 heavy (non-hydrogen) atoms. The highest BCUT2D eigenvalue weighted by Crippen LogP contribution is 2.47. The van der Waals surface area contributed by atoms with Crippen LogP contribution < -0.4 is 4.90 Å². The van der Waals surface area contributed by atoms with Crippen molar-refractivity contribution in [1.82, 2.24) is 0 Å². The van der Waals surface area contributed by atoms with E-state index in [1.165, 1.54) is 151 Å². The average molecular weight is 1390 g/mol. The van der Waals surface area contributed by atoms with E-state index in [1.54, 1.807) is 0 Å². The molecule has 16 aromatic carbocycles. The van der Waals surface area contributed by atoms with Crippen molar-refractivity contribution in [1.29, 1.82) is 0 Å². The Balaban J connectivity index is 0.000000135. The van der Waals surface area contributed by atoms with E-state index in [0.29, 0.717) is 0 Å². The van der Waals surface area contributed by atoms with Gasteiger partial charge in [-0.2, -0.15) is 0 Å². The molecule has 1 nitrogen and oxygen atoms in total. The molecule has 0 saturated heterocycles. The van der Waals surface area contributed by atoms with Gasteiger partial charge in [-0.25, -0.2) is 0 Å². The molecule has 0 N–H and O–H groups in total. The second-order valence-corrected chi connectivity index (χ2v) is 28.1. The summed E-state index contributed by atoms with van der Waals surface area (Å²) >= 11 is 7.29. The van der Waals surface area contributed by atoms with Crippen molar-refractivity contribution in [3.05, 3.63) is 416 Å². The zero-order valence-corrected chi connectivity index (χ0v) is 58.7. The zero-order valence-electron chi connectivity index (χ0n) is 55.5. The van der Waals surface area contributed by atoms with Crippen LogP contribution in [0.25, 0.3) is 129 Å². The second-order valence-electron chi connectivity index (χ2n) is 25.1. The first-order valence-corrected chi connectivity index (χ1v) is 36.7. The molecular weight excluding hydrogens is 1320 g/mol. The van der Waals surface area contributed by atoms with Gasteiger partial charge in [0.1, 0.15) is 0 Å². The van der Waals surface area contributed by atoms with Crippen molar-refractivity contribution < 1.29 is 0 Å². The van der Waals surface area contributed by atoms with Gasteiger partial charge in [0.05, 0.1) is 10.4 Å². The maximum atomic E-state index is 3.59. The van der Waals surface area contributed by atoms with Crippen LogP contribution in [0.4, 0.5) is 17.1 Å². The Hall–Kier alpha value is -11.8. The van der Waals surface area contributed by atoms with Crippen LogP contribution in [-0.4, -0.2) is 0 Å². The lowest BCUT2D eigenvalue weighted by atomic mass is 9.92. The van der Waals surface area contributed by atoms with E-state index in [4.69, 9.17) is 0 Å². The molecule has 0 aliphatic heterocycles. The van der Waals surface area contributed by atoms with Crippen molar-refractivity contribution in [3.8, 4) is 89.0 Å². The highest BCUT2D eigenvalue weighted by molar-refractivity contribution is 9.10. The molecule has 18 rings (SSSR count). The molecule has 0 atom stereocenters. The van der Waals surface area contributed by atoms with Crippen molar-refractivity contribution in [2.75, 3.05) is 4.90 Å². The van der Waals surface area contributed by atoms with E-state index < -0.39 is 0 Å². The topological polar surface area (TPSA) is 3.24 Å². The Kier molecular flexibility index (Phi) is 18.8. The first kappa shape index (κ1) is 63.9. The van der Waals surface area contributed by atoms with Crippen molar-refractivity contribution in [2.24, 2.45) is 0 Å². The van der Waals surface area contributed by atoms with Crippen LogP contribution in [0.3, 0.4) is 0 Å². The molecule has 0 aliphatic rings. The van der Waals surface area contributed by atoms with E-state index >= 15 is 0 Å². The zero-order chi connectivity index (χ0) is 67.7. The second kappa shape index (κ2) is 29.8. The summed E-state index contributed by atoms with van der Waals surface area (Å²) < 4.78 is 6.47. The number of rotatable bonds is 13. The number of nitrogens with zero attached hydrogens (tertiary/aromatic N) is 1. The fourth-order valence-electron chi connectivity index (χ4n) is 13.9. The van der Waals surface area contributed by atoms with E-state index in [-0.39, 0.29) is 0 Å². The minimum Gasteiger partial charge on any atom is -0.309 e. The van der Waals surface area contributed by atoms with Crippen LogP contribution in [0, 0.1) is 0 Å². The Labute approximate surface area is 607 Å². The molecule has 2 aromatic heterocycles. The Morgan fingerprint density at radius 3 is 0.812 bits per heavy atom. The molecule has 0 fully saturated rings. The maximum Gasteiger partial charge on any atom is 0.0640 e. The summed E-state index contributed by atoms with van der Waals surface area (Å²) in [6, 6.07) is 144. The summed E-state index contributed by atoms with van der Waals surface area (Å²) in [6.07, 6.45) is 0.918. The van der Waals surface area contributed by atoms with Crippen LogP contribution in [0.5, 0.6) is 0 Å². The highest BCUT2D eigenvalue weighted by atomic mass is 79.9. The molecule has 0 bridgehead atoms. The normalized spacial score (nSPS) is 11.1. The predicted octanol–water partition coefficient (Wildman–Crippen LogP) is 29.0. The minimum absolute atomic E-state index is 0.918. The van der Waals surface area contributed by atoms with Crippen LogP contribution in [0.1, 0.15) is 11.1 Å². The van der Waals surface area contributed by atoms with Gasteiger partial charge in [-0.1, -0.05) is 352 Å². The summed E-state index contributed by atoms with van der Waals surface area (Å²) in [6.45, 7) is 0. The summed E-state index contributed by atoms with van der Waals surface area (Å²) in [5, 5.41) is 5.29. The Bertz CT molecular complexity index is 5580. The SMILES string of the molecule is Brc1cccc2c1sc1ccccc12.c1ccc(-c2ccccc2-c2ccc(Cc3ccc(-c4ccccc4-c4ccccc4)cc3)cc2)cc1.c1ccc(-c2ccccc2-c2ccc(N(c3ccc(-c4ccccc4-c4ccccc4)cc3)c3cccc4c3sc3ccccc34)cc2)cc1. The van der Waals surface area contributed by atoms with E-state index in [9.17, 15) is 0 Å². The Morgan fingerprint density at radius 2 is 0.465 bits per heavy atom. The average Bonchev–Trinajstić information content (AvgIpc) is 1.48. The van der Waals surface area contributed by atoms with Gasteiger partial charge in [0.25, 0.3) is 0 Å². The van der Waals surface area contributed by atoms with Crippen molar-refractivity contribution >= 4 is 96.0 Å². The molecule has 0 saturated carbocycles. The van der Waals surface area contributed by atoms with Gasteiger partial charge in [0.2, 0.25) is 0 Å². The number of halogens is 1. The standard InChI is InChI=1S/C48H33NS.C37H28.C12H7BrS/c1-3-14-34(15-4-1)40-18-7-9-20-42(40)36-26-30-38(31-27-36)49(46-24-13-23-45-44-22-11-12-25-47(44)50-48(45)46)39-32-28-37(29-33-39)43-21-10-8-19-41(43)35-16-5-2-6-17-35;1-3-11-30(12-4-1)34-15-7-9-17-36(34)32-23-19-28(20-24-32)27-29-21-25-33(26-22-29)37-18-10-8-16-35(37)31-13-5-2-6-14-31;13-10-6-3-5-9-8-4-1-2-7-11(8)14-12(9)10/h1-33H;1-26H,27H2;1-7H. The van der Waals surface area contributed by atoms with Crippen molar-refractivity contribution in [3.63, 3.8) is 0 Å². The highest BCUT2D eigenvalue weighted by Gasteiger charge is 2.20. The lowest BCUT2D eigenvalue weighted by Crippen LogP contribution is -2.10. The van der Waals surface area contributed by atoms with Crippen LogP contribution in [0.2, 0.25) is 0 Å². The summed E-state index contributed by atoms with van der Waals surface area (Å²) in [4.78, 5) is 2.41. The molecule has 0 amide bonds. The smallest absolute Gasteiger partial charge is 0.0640 e. The fraction of sp³-hybridized carbons (Fsp3) is 0.0103. The molecule has 0 radical (unpaired) electrons. The number of benzene rings is 16. The maximum absolute atomic E-state index is 3.59. The van der Waals surface area contributed by atoms with E-state index in [1.807, 2.05) is 22.7 Å². The fourth-order valence-corrected chi connectivity index (χ4v) is 16.8. The van der Waals surface area contributed by atoms with Gasteiger partial charge in [-0.05, 0) is 171 Å². The molecule has 0 unspecified atom stereocenters. The first-order chi connectivity index (χ1) is 50.0. The minimum atomic E-state index is 0.918. The third-order valence-electron chi connectivity index (χ3n) is 18.8. The first-order valence-electron chi connectivity index (χ1n) is 34.3. The molecule has 18 aromatic rings. The third kappa shape index (κ3) is 13.8. The van der Waals surface area contributed by atoms with Gasteiger partial charge in [-0.3, -0.25) is 0 Å². The number of hydrogen-bond acceptors (Lipinski definition) is 3. The quantitative estimate of drug-likeness (QED) is 0.111. The number of hydrogen-bond donors (Lipinski definition) is 0. The number of thiophene rings is 2. The molecule has 0 aliphatic carbocycles. The molecule has 4 heteroatoms. The summed E-state index contributed by atoms with van der Waals surface area (Å²) in [5.41, 5.74) is 25.9. The predicted molar refractivity (Wildman–Crippen MR) is 440 cm³/mol. The monoisotopic (exact) mass is 1390 g/mol. The molecule has 0 spiro atoms. The van der Waals surface area contributed by atoms with E-state index in [2.05, 4.69) is 421 Å². The van der Waals surface area contributed by atoms with Crippen LogP contribution in [0.15, 0.2) is 405 Å². The molecule has 480 valence electrons. The van der Waals surface area contributed by atoms with Gasteiger partial charge in [0.15, 0.2) is 0 Å². The lowest BCUT2D eigenvalue weighted by Gasteiger charge is -2.26. The van der Waals surface area contributed by atoms with Gasteiger partial charge in [-0.15, -0.1) is 22.7 Å². The van der Waals surface area contributed by atoms with E-state index in [0.717, 1.165) is 17.8 Å². The van der Waals surface area contributed by atoms with Gasteiger partial charge >= 0.3 is 0 Å². The summed E-state index contributed by atoms with van der Waals surface area (Å²) in [5.74, 6) is 0. The third-order valence-corrected chi connectivity index (χ3v) is 22.2. The van der Waals surface area contributed by atoms with Crippen molar-refractivity contribution in [2.45, 2.75) is 6.42 Å². The molecule has 2 heterocycles. The number of fused-ring (bicyclic) bond motifs is 6. The lowest BCUT2D eigenvalue weighted by molar-refractivity contribution is 1.19. The summed E-state index contributed by atoms with van der Waals surface area (Å²) in [7, 11) is 0. The largest absolute Gasteiger partial charge is 0.309 e. The molecular formula is C97H68BrNS2. The Morgan fingerprint density at radius 1 is 0.208 bits per heavy atom. The van der Waals surface area contributed by atoms with Crippen LogP contribution >= 0.6 is 38.6 Å². The van der Waals surface area contributed by atoms with Crippen LogP contribution in [-0.2, 0) is 6.42 Å². The number of anilines is 3.